The molecule has 0 saturated carbocycles. The molecule has 1 aromatic carbocycles. The second-order valence-corrected chi connectivity index (χ2v) is 4.89. The van der Waals surface area contributed by atoms with Crippen LogP contribution in [-0.2, 0) is 4.74 Å². The molecular weight excluding hydrogens is 420 g/mol. The molecule has 0 aliphatic rings. The minimum Gasteiger partial charge on any atom is -0.462 e. The highest BCUT2D eigenvalue weighted by Crippen LogP contribution is 2.22. The third kappa shape index (κ3) is 3.04. The maximum Gasteiger partial charge on any atom is 0.339 e. The summed E-state index contributed by atoms with van der Waals surface area (Å²) in [7, 11) is 0. The van der Waals surface area contributed by atoms with E-state index in [9.17, 15) is 4.79 Å². The van der Waals surface area contributed by atoms with E-state index in [0.29, 0.717) is 17.7 Å². The predicted octanol–water partition coefficient (Wildman–Crippen LogP) is 2.94. The molecule has 0 saturated heterocycles. The predicted molar refractivity (Wildman–Crippen MR) is 72.5 cm³/mol. The Bertz CT molecular complexity index is 438. The van der Waals surface area contributed by atoms with Crippen molar-refractivity contribution in [2.45, 2.75) is 6.92 Å². The number of nitrogens with zero attached hydrogens (tertiary/aromatic N) is 1. The maximum absolute atomic E-state index is 11.5. The zero-order valence-corrected chi connectivity index (χ0v) is 12.2. The van der Waals surface area contributed by atoms with Crippen LogP contribution >= 0.6 is 45.2 Å². The Labute approximate surface area is 115 Å². The largest absolute Gasteiger partial charge is 0.462 e. The molecular formula is C10H7I2NO2. The van der Waals surface area contributed by atoms with Crippen molar-refractivity contribution in [1.29, 1.82) is 5.26 Å². The summed E-state index contributed by atoms with van der Waals surface area (Å²) < 4.78 is 6.62. The molecule has 0 atom stereocenters. The number of hydrogen-bond donors (Lipinski definition) is 0. The molecule has 0 aliphatic carbocycles. The molecule has 0 radical (unpaired) electrons. The zero-order valence-electron chi connectivity index (χ0n) is 7.88. The Morgan fingerprint density at radius 1 is 1.53 bits per heavy atom. The van der Waals surface area contributed by atoms with Gasteiger partial charge in [0, 0.05) is 7.14 Å². The van der Waals surface area contributed by atoms with Crippen LogP contribution in [0.3, 0.4) is 0 Å². The molecule has 0 heterocycles. The van der Waals surface area contributed by atoms with Gasteiger partial charge >= 0.3 is 5.97 Å². The first-order valence-electron chi connectivity index (χ1n) is 4.16. The Hall–Kier alpha value is -0.360. The number of nitriles is 1. The molecule has 15 heavy (non-hydrogen) atoms. The monoisotopic (exact) mass is 427 g/mol. The Kier molecular flexibility index (Phi) is 4.79. The van der Waals surface area contributed by atoms with Gasteiger partial charge in [0.25, 0.3) is 0 Å². The number of benzene rings is 1. The Morgan fingerprint density at radius 3 is 2.73 bits per heavy atom. The zero-order chi connectivity index (χ0) is 11.4. The molecule has 3 nitrogen and oxygen atoms in total. The quantitative estimate of drug-likeness (QED) is 0.539. The van der Waals surface area contributed by atoms with Gasteiger partial charge in [-0.1, -0.05) is 0 Å². The Morgan fingerprint density at radius 2 is 2.20 bits per heavy atom. The summed E-state index contributed by atoms with van der Waals surface area (Å²) in [4.78, 5) is 11.5. The molecule has 0 amide bonds. The third-order valence-corrected chi connectivity index (χ3v) is 4.70. The van der Waals surface area contributed by atoms with Gasteiger partial charge in [-0.2, -0.15) is 5.26 Å². The van der Waals surface area contributed by atoms with Crippen molar-refractivity contribution in [2.24, 2.45) is 0 Å². The fourth-order valence-electron chi connectivity index (χ4n) is 1.01. The number of rotatable bonds is 2. The molecule has 0 aromatic heterocycles. The summed E-state index contributed by atoms with van der Waals surface area (Å²) in [6.07, 6.45) is 0. The lowest BCUT2D eigenvalue weighted by molar-refractivity contribution is 0.0525. The van der Waals surface area contributed by atoms with Crippen molar-refractivity contribution in [1.82, 2.24) is 0 Å². The number of carbonyl (C=O) groups is 1. The van der Waals surface area contributed by atoms with Crippen molar-refractivity contribution in [3.63, 3.8) is 0 Å². The van der Waals surface area contributed by atoms with Crippen molar-refractivity contribution in [3.05, 3.63) is 30.4 Å². The third-order valence-electron chi connectivity index (χ3n) is 1.65. The van der Waals surface area contributed by atoms with Crippen molar-refractivity contribution >= 4 is 51.2 Å². The van der Waals surface area contributed by atoms with Gasteiger partial charge in [0.1, 0.15) is 0 Å². The molecule has 0 N–H and O–H groups in total. The van der Waals surface area contributed by atoms with Crippen LogP contribution < -0.4 is 0 Å². The summed E-state index contributed by atoms with van der Waals surface area (Å²) in [5.41, 5.74) is 0.934. The summed E-state index contributed by atoms with van der Waals surface area (Å²) >= 11 is 4.17. The van der Waals surface area contributed by atoms with Gasteiger partial charge in [-0.05, 0) is 64.2 Å². The van der Waals surface area contributed by atoms with E-state index in [4.69, 9.17) is 10.00 Å². The van der Waals surface area contributed by atoms with Crippen LogP contribution in [0.2, 0.25) is 0 Å². The van der Waals surface area contributed by atoms with Crippen LogP contribution in [0.4, 0.5) is 0 Å². The number of ether oxygens (including phenoxy) is 1. The molecule has 0 bridgehead atoms. The average molecular weight is 427 g/mol. The fourth-order valence-corrected chi connectivity index (χ4v) is 2.17. The van der Waals surface area contributed by atoms with Crippen LogP contribution in [-0.4, -0.2) is 12.6 Å². The van der Waals surface area contributed by atoms with Crippen LogP contribution in [0, 0.1) is 18.5 Å². The summed E-state index contributed by atoms with van der Waals surface area (Å²) in [5.74, 6) is -0.378. The van der Waals surface area contributed by atoms with E-state index in [1.165, 1.54) is 0 Å². The van der Waals surface area contributed by atoms with Gasteiger partial charge in [0.15, 0.2) is 0 Å². The van der Waals surface area contributed by atoms with E-state index in [2.05, 4.69) is 45.2 Å². The molecule has 0 aliphatic heterocycles. The van der Waals surface area contributed by atoms with Gasteiger partial charge < -0.3 is 4.74 Å². The molecule has 1 aromatic rings. The number of esters is 1. The SMILES string of the molecule is CCOC(=O)c1cc(C#N)cc(I)c1I. The van der Waals surface area contributed by atoms with E-state index in [1.54, 1.807) is 19.1 Å². The average Bonchev–Trinajstić information content (AvgIpc) is 2.22. The van der Waals surface area contributed by atoms with Gasteiger partial charge in [0.2, 0.25) is 0 Å². The second-order valence-electron chi connectivity index (χ2n) is 2.65. The Balaban J connectivity index is 3.23. The fraction of sp³-hybridized carbons (Fsp3) is 0.200. The first-order valence-corrected chi connectivity index (χ1v) is 6.32. The van der Waals surface area contributed by atoms with Crippen LogP contribution in [0.25, 0.3) is 0 Å². The molecule has 1 rings (SSSR count). The highest BCUT2D eigenvalue weighted by Gasteiger charge is 2.14. The molecule has 0 spiro atoms. The van der Waals surface area contributed by atoms with Gasteiger partial charge in [-0.25, -0.2) is 4.79 Å². The van der Waals surface area contributed by atoms with Crippen molar-refractivity contribution in [2.75, 3.05) is 6.61 Å². The van der Waals surface area contributed by atoms with Crippen LogP contribution in [0.1, 0.15) is 22.8 Å². The first-order chi connectivity index (χ1) is 7.10. The number of hydrogen-bond acceptors (Lipinski definition) is 3. The normalized spacial score (nSPS) is 9.47. The first kappa shape index (κ1) is 12.7. The smallest absolute Gasteiger partial charge is 0.339 e. The maximum atomic E-state index is 11.5. The molecule has 0 fully saturated rings. The van der Waals surface area contributed by atoms with E-state index in [0.717, 1.165) is 7.14 Å². The van der Waals surface area contributed by atoms with E-state index in [-0.39, 0.29) is 5.97 Å². The lowest BCUT2D eigenvalue weighted by Gasteiger charge is -2.06. The minimum atomic E-state index is -0.378. The molecule has 78 valence electrons. The van der Waals surface area contributed by atoms with Gasteiger partial charge in [0.05, 0.1) is 23.8 Å². The number of halogens is 2. The van der Waals surface area contributed by atoms with Crippen molar-refractivity contribution in [3.8, 4) is 6.07 Å². The van der Waals surface area contributed by atoms with E-state index < -0.39 is 0 Å². The summed E-state index contributed by atoms with van der Waals surface area (Å²) in [6.45, 7) is 2.09. The van der Waals surface area contributed by atoms with Gasteiger partial charge in [-0.15, -0.1) is 0 Å². The summed E-state index contributed by atoms with van der Waals surface area (Å²) in [5, 5.41) is 8.78. The van der Waals surface area contributed by atoms with Crippen molar-refractivity contribution < 1.29 is 9.53 Å². The highest BCUT2D eigenvalue weighted by atomic mass is 127. The van der Waals surface area contributed by atoms with Gasteiger partial charge in [-0.3, -0.25) is 0 Å². The van der Waals surface area contributed by atoms with Crippen LogP contribution in [0.5, 0.6) is 0 Å². The molecule has 0 unspecified atom stereocenters. The lowest BCUT2D eigenvalue weighted by atomic mass is 10.1. The number of carbonyl (C=O) groups excluding carboxylic acids is 1. The molecule has 5 heteroatoms. The van der Waals surface area contributed by atoms with E-state index >= 15 is 0 Å². The topological polar surface area (TPSA) is 50.1 Å². The minimum absolute atomic E-state index is 0.336. The highest BCUT2D eigenvalue weighted by molar-refractivity contribution is 14.1. The van der Waals surface area contributed by atoms with Crippen LogP contribution in [0.15, 0.2) is 12.1 Å². The standard InChI is InChI=1S/C10H7I2NO2/c1-2-15-10(14)7-3-6(5-13)4-8(11)9(7)12/h3-4H,2H2,1H3. The lowest BCUT2D eigenvalue weighted by Crippen LogP contribution is -2.08. The second kappa shape index (κ2) is 5.65. The van der Waals surface area contributed by atoms with E-state index in [1.807, 2.05) is 6.07 Å². The summed E-state index contributed by atoms with van der Waals surface area (Å²) in [6, 6.07) is 5.32.